The predicted molar refractivity (Wildman–Crippen MR) is 135 cm³/mol. The minimum absolute atomic E-state index is 0.138. The number of halogens is 6. The molecule has 0 atom stereocenters. The predicted octanol–water partition coefficient (Wildman–Crippen LogP) is 7.05. The summed E-state index contributed by atoms with van der Waals surface area (Å²) in [4.78, 5) is 26.5. The van der Waals surface area contributed by atoms with E-state index < -0.39 is 19.4 Å². The highest BCUT2D eigenvalue weighted by molar-refractivity contribution is 6.67. The van der Waals surface area contributed by atoms with E-state index in [1.165, 1.54) is 12.1 Å². The molecule has 0 saturated carbocycles. The summed E-state index contributed by atoms with van der Waals surface area (Å²) in [7, 11) is 0. The fraction of sp³-hybridized carbons (Fsp3) is 0.0909. The molecule has 4 aromatic rings. The van der Waals surface area contributed by atoms with Gasteiger partial charge in [-0.15, -0.1) is 0 Å². The standard InChI is InChI=1S/C22H12Cl6N4O2/c23-21(24,25)17-11-15(13-7-3-1-4-8-13)29-31(17)19(33)20(34)32-18(22(26,27)28)12-16(30-32)14-9-5-2-6-10-14/h1-12H. The average Bonchev–Trinajstić information content (AvgIpc) is 3.45. The number of carbonyl (C=O) groups excluding carboxylic acids is 2. The second kappa shape index (κ2) is 9.53. The molecule has 0 aliphatic carbocycles. The molecule has 0 spiro atoms. The van der Waals surface area contributed by atoms with Crippen LogP contribution in [0.15, 0.2) is 72.8 Å². The fourth-order valence-corrected chi connectivity index (χ4v) is 3.96. The van der Waals surface area contributed by atoms with Crippen LogP contribution in [-0.2, 0) is 7.59 Å². The van der Waals surface area contributed by atoms with Gasteiger partial charge in [0.25, 0.3) is 0 Å². The molecule has 34 heavy (non-hydrogen) atoms. The van der Waals surface area contributed by atoms with Crippen molar-refractivity contribution in [2.45, 2.75) is 7.59 Å². The monoisotopic (exact) mass is 574 g/mol. The van der Waals surface area contributed by atoms with Crippen LogP contribution in [0.1, 0.15) is 21.0 Å². The molecule has 0 radical (unpaired) electrons. The number of hydrogen-bond acceptors (Lipinski definition) is 4. The van der Waals surface area contributed by atoms with E-state index in [1.807, 2.05) is 12.1 Å². The van der Waals surface area contributed by atoms with Crippen LogP contribution in [0.4, 0.5) is 0 Å². The van der Waals surface area contributed by atoms with Gasteiger partial charge in [0.05, 0.1) is 22.8 Å². The molecule has 0 fully saturated rings. The van der Waals surface area contributed by atoms with Crippen LogP contribution in [0.3, 0.4) is 0 Å². The number of alkyl halides is 6. The second-order valence-corrected chi connectivity index (χ2v) is 11.6. The first kappa shape index (κ1) is 25.0. The van der Waals surface area contributed by atoms with Crippen LogP contribution in [-0.4, -0.2) is 31.4 Å². The first-order valence-electron chi connectivity index (χ1n) is 9.51. The Bertz CT molecular complexity index is 1250. The number of nitrogens with zero attached hydrogens (tertiary/aromatic N) is 4. The van der Waals surface area contributed by atoms with Gasteiger partial charge >= 0.3 is 11.8 Å². The molecule has 2 aromatic carbocycles. The summed E-state index contributed by atoms with van der Waals surface area (Å²) in [6.07, 6.45) is 0. The molecule has 0 aliphatic rings. The summed E-state index contributed by atoms with van der Waals surface area (Å²) in [6.45, 7) is 0. The van der Waals surface area contributed by atoms with E-state index >= 15 is 0 Å². The van der Waals surface area contributed by atoms with Crippen LogP contribution >= 0.6 is 69.6 Å². The van der Waals surface area contributed by atoms with Crippen LogP contribution in [0, 0.1) is 0 Å². The van der Waals surface area contributed by atoms with Crippen LogP contribution in [0.5, 0.6) is 0 Å². The largest absolute Gasteiger partial charge is 0.338 e. The first-order valence-corrected chi connectivity index (χ1v) is 11.8. The third-order valence-electron chi connectivity index (χ3n) is 4.71. The smallest absolute Gasteiger partial charge is 0.261 e. The Morgan fingerprint density at radius 2 is 0.912 bits per heavy atom. The Hall–Kier alpha value is -2.06. The van der Waals surface area contributed by atoms with E-state index in [2.05, 4.69) is 10.2 Å². The maximum atomic E-state index is 13.3. The maximum absolute atomic E-state index is 13.3. The van der Waals surface area contributed by atoms with Gasteiger partial charge in [-0.25, -0.2) is 0 Å². The number of carbonyl (C=O) groups is 2. The lowest BCUT2D eigenvalue weighted by Gasteiger charge is -2.14. The Morgan fingerprint density at radius 3 is 1.21 bits per heavy atom. The topological polar surface area (TPSA) is 69.8 Å². The van der Waals surface area contributed by atoms with E-state index in [9.17, 15) is 9.59 Å². The zero-order chi connectivity index (χ0) is 24.7. The number of benzene rings is 2. The summed E-state index contributed by atoms with van der Waals surface area (Å²) in [5.74, 6) is -2.33. The number of rotatable bonds is 2. The van der Waals surface area contributed by atoms with Crippen molar-refractivity contribution in [3.8, 4) is 22.5 Å². The Balaban J connectivity index is 1.81. The molecular weight excluding hydrogens is 565 g/mol. The lowest BCUT2D eigenvalue weighted by atomic mass is 10.1. The molecule has 0 bridgehead atoms. The summed E-state index contributed by atoms with van der Waals surface area (Å²) in [6, 6.07) is 20.5. The van der Waals surface area contributed by atoms with Crippen molar-refractivity contribution >= 4 is 81.4 Å². The van der Waals surface area contributed by atoms with E-state index in [1.54, 1.807) is 48.5 Å². The number of hydrogen-bond donors (Lipinski definition) is 0. The third-order valence-corrected chi connectivity index (χ3v) is 5.87. The first-order chi connectivity index (χ1) is 16.0. The van der Waals surface area contributed by atoms with Crippen LogP contribution in [0.2, 0.25) is 0 Å². The van der Waals surface area contributed by atoms with Gasteiger partial charge in [0.1, 0.15) is 0 Å². The molecule has 0 amide bonds. The van der Waals surface area contributed by atoms with Crippen molar-refractivity contribution in [1.29, 1.82) is 0 Å². The van der Waals surface area contributed by atoms with Gasteiger partial charge in [-0.05, 0) is 12.1 Å². The van der Waals surface area contributed by atoms with Gasteiger partial charge in [-0.2, -0.15) is 19.6 Å². The molecule has 2 heterocycles. The lowest BCUT2D eigenvalue weighted by molar-refractivity contribution is 0.0692. The maximum Gasteiger partial charge on any atom is 0.338 e. The second-order valence-electron chi connectivity index (χ2n) is 6.99. The Morgan fingerprint density at radius 1 is 0.588 bits per heavy atom. The zero-order valence-corrected chi connectivity index (χ0v) is 21.3. The van der Waals surface area contributed by atoms with Gasteiger partial charge in [-0.1, -0.05) is 130 Å². The van der Waals surface area contributed by atoms with Gasteiger partial charge in [0.2, 0.25) is 7.59 Å². The van der Waals surface area contributed by atoms with Gasteiger partial charge < -0.3 is 0 Å². The minimum Gasteiger partial charge on any atom is -0.261 e. The molecule has 0 aliphatic heterocycles. The molecule has 2 aromatic heterocycles. The summed E-state index contributed by atoms with van der Waals surface area (Å²) >= 11 is 36.4. The molecule has 0 saturated heterocycles. The zero-order valence-electron chi connectivity index (χ0n) is 16.8. The average molecular weight is 577 g/mol. The van der Waals surface area contributed by atoms with Crippen molar-refractivity contribution < 1.29 is 9.59 Å². The Kier molecular flexibility index (Phi) is 7.02. The van der Waals surface area contributed by atoms with Crippen molar-refractivity contribution in [1.82, 2.24) is 19.6 Å². The van der Waals surface area contributed by atoms with Gasteiger partial charge in [0, 0.05) is 11.1 Å². The van der Waals surface area contributed by atoms with E-state index in [-0.39, 0.29) is 11.4 Å². The molecule has 12 heteroatoms. The highest BCUT2D eigenvalue weighted by atomic mass is 35.6. The van der Waals surface area contributed by atoms with E-state index in [0.29, 0.717) is 31.9 Å². The van der Waals surface area contributed by atoms with Crippen LogP contribution < -0.4 is 0 Å². The van der Waals surface area contributed by atoms with E-state index in [4.69, 9.17) is 69.6 Å². The van der Waals surface area contributed by atoms with Gasteiger partial charge in [-0.3, -0.25) is 9.59 Å². The van der Waals surface area contributed by atoms with Crippen molar-refractivity contribution in [2.75, 3.05) is 0 Å². The highest BCUT2D eigenvalue weighted by Gasteiger charge is 2.37. The summed E-state index contributed by atoms with van der Waals surface area (Å²) in [5, 5.41) is 8.41. The molecule has 0 unspecified atom stereocenters. The van der Waals surface area contributed by atoms with Crippen molar-refractivity contribution in [3.05, 3.63) is 84.2 Å². The lowest BCUT2D eigenvalue weighted by Crippen LogP contribution is -2.33. The number of aromatic nitrogens is 4. The van der Waals surface area contributed by atoms with Crippen LogP contribution in [0.25, 0.3) is 22.5 Å². The molecule has 174 valence electrons. The highest BCUT2D eigenvalue weighted by Crippen LogP contribution is 2.41. The quantitative estimate of drug-likeness (QED) is 0.189. The van der Waals surface area contributed by atoms with E-state index in [0.717, 1.165) is 0 Å². The molecule has 6 nitrogen and oxygen atoms in total. The molecule has 0 N–H and O–H groups in total. The summed E-state index contributed by atoms with van der Waals surface area (Å²) < 4.78 is -2.70. The van der Waals surface area contributed by atoms with Gasteiger partial charge in [0.15, 0.2) is 0 Å². The SMILES string of the molecule is O=C(C(=O)n1nc(-c2ccccc2)cc1C(Cl)(Cl)Cl)n1nc(-c2ccccc2)cc1C(Cl)(Cl)Cl. The molecular formula is C22H12Cl6N4O2. The third kappa shape index (κ3) is 5.13. The minimum atomic E-state index is -2.06. The van der Waals surface area contributed by atoms with Crippen molar-refractivity contribution in [2.24, 2.45) is 0 Å². The summed E-state index contributed by atoms with van der Waals surface area (Å²) in [5.41, 5.74) is 1.64. The molecule has 4 rings (SSSR count). The Labute approximate surface area is 223 Å². The normalized spacial score (nSPS) is 12.1. The fourth-order valence-electron chi connectivity index (χ4n) is 3.16. The van der Waals surface area contributed by atoms with Crippen molar-refractivity contribution in [3.63, 3.8) is 0 Å².